The Kier molecular flexibility index (Phi) is 7.24. The molecule has 0 aliphatic carbocycles. The van der Waals surface area contributed by atoms with Crippen LogP contribution in [0.25, 0.3) is 11.1 Å². The molecule has 1 aliphatic rings. The van der Waals surface area contributed by atoms with Gasteiger partial charge in [0.25, 0.3) is 0 Å². The molecule has 3 aromatic rings. The Labute approximate surface area is 197 Å². The van der Waals surface area contributed by atoms with Gasteiger partial charge in [-0.3, -0.25) is 0 Å². The average molecular weight is 468 g/mol. The molecule has 0 radical (unpaired) electrons. The first kappa shape index (κ1) is 23.9. The van der Waals surface area contributed by atoms with E-state index in [1.807, 2.05) is 30.3 Å². The summed E-state index contributed by atoms with van der Waals surface area (Å²) in [6, 6.07) is 17.1. The lowest BCUT2D eigenvalue weighted by atomic mass is 9.91. The number of hydrogen-bond acceptors (Lipinski definition) is 5. The first-order valence-corrected chi connectivity index (χ1v) is 11.1. The van der Waals surface area contributed by atoms with Crippen molar-refractivity contribution in [2.45, 2.75) is 26.1 Å². The van der Waals surface area contributed by atoms with E-state index in [2.05, 4.69) is 0 Å². The van der Waals surface area contributed by atoms with Gasteiger partial charge in [-0.1, -0.05) is 30.3 Å². The van der Waals surface area contributed by atoms with Crippen molar-refractivity contribution < 1.29 is 32.5 Å². The van der Waals surface area contributed by atoms with Gasteiger partial charge in [-0.15, -0.1) is 0 Å². The lowest BCUT2D eigenvalue weighted by molar-refractivity contribution is -0.222. The van der Waals surface area contributed by atoms with Crippen LogP contribution < -0.4 is 4.74 Å². The number of carbonyl (C=O) groups excluding carboxylic acids is 1. The van der Waals surface area contributed by atoms with Gasteiger partial charge in [-0.05, 0) is 60.4 Å². The van der Waals surface area contributed by atoms with E-state index in [9.17, 15) is 13.6 Å². The molecule has 0 atom stereocenters. The number of carbonyl (C=O) groups is 1. The molecule has 34 heavy (non-hydrogen) atoms. The standard InChI is InChI=1S/C27H26F2O5/c1-3-32-26(30)15-34-27(16-31-17-27)23-11-10-21(13-25(23)29)33-14-19-6-4-7-20(12-19)22-8-5-9-24(28)18(22)2/h4-13H,3,14-17H2,1-2H3. The van der Waals surface area contributed by atoms with E-state index in [0.717, 1.165) is 16.7 Å². The minimum atomic E-state index is -1.02. The van der Waals surface area contributed by atoms with Gasteiger partial charge in [-0.25, -0.2) is 13.6 Å². The molecule has 1 heterocycles. The Balaban J connectivity index is 1.44. The van der Waals surface area contributed by atoms with Crippen molar-refractivity contribution in [3.63, 3.8) is 0 Å². The first-order valence-electron chi connectivity index (χ1n) is 11.1. The smallest absolute Gasteiger partial charge is 0.332 e. The summed E-state index contributed by atoms with van der Waals surface area (Å²) >= 11 is 0. The van der Waals surface area contributed by atoms with Crippen LogP contribution in [-0.2, 0) is 31.2 Å². The van der Waals surface area contributed by atoms with E-state index < -0.39 is 17.4 Å². The van der Waals surface area contributed by atoms with Crippen molar-refractivity contribution in [3.8, 4) is 16.9 Å². The van der Waals surface area contributed by atoms with Crippen LogP contribution in [0.2, 0.25) is 0 Å². The molecule has 0 bridgehead atoms. The van der Waals surface area contributed by atoms with Crippen molar-refractivity contribution in [1.29, 1.82) is 0 Å². The van der Waals surface area contributed by atoms with Crippen LogP contribution in [0.1, 0.15) is 23.6 Å². The largest absolute Gasteiger partial charge is 0.489 e. The normalized spacial score (nSPS) is 14.4. The van der Waals surface area contributed by atoms with Crippen molar-refractivity contribution in [3.05, 3.63) is 89.0 Å². The number of rotatable bonds is 9. The first-order chi connectivity index (χ1) is 16.4. The Hall–Kier alpha value is -3.29. The summed E-state index contributed by atoms with van der Waals surface area (Å²) in [6.07, 6.45) is 0. The van der Waals surface area contributed by atoms with Crippen LogP contribution in [0.3, 0.4) is 0 Å². The zero-order valence-electron chi connectivity index (χ0n) is 19.1. The van der Waals surface area contributed by atoms with Gasteiger partial charge in [0.05, 0.1) is 19.8 Å². The summed E-state index contributed by atoms with van der Waals surface area (Å²) in [4.78, 5) is 11.6. The Morgan fingerprint density at radius 3 is 2.53 bits per heavy atom. The number of hydrogen-bond donors (Lipinski definition) is 0. The van der Waals surface area contributed by atoms with Gasteiger partial charge in [-0.2, -0.15) is 0 Å². The van der Waals surface area contributed by atoms with Crippen LogP contribution in [0.15, 0.2) is 60.7 Å². The predicted molar refractivity (Wildman–Crippen MR) is 122 cm³/mol. The van der Waals surface area contributed by atoms with Crippen LogP contribution in [-0.4, -0.2) is 32.4 Å². The molecule has 1 aliphatic heterocycles. The number of esters is 1. The summed E-state index contributed by atoms with van der Waals surface area (Å²) in [5.41, 5.74) is 2.42. The molecule has 5 nitrogen and oxygen atoms in total. The maximum Gasteiger partial charge on any atom is 0.332 e. The summed E-state index contributed by atoms with van der Waals surface area (Å²) in [7, 11) is 0. The van der Waals surface area contributed by atoms with Crippen LogP contribution in [0, 0.1) is 18.6 Å². The second kappa shape index (κ2) is 10.3. The Morgan fingerprint density at radius 2 is 1.82 bits per heavy atom. The molecule has 0 N–H and O–H groups in total. The zero-order valence-corrected chi connectivity index (χ0v) is 19.1. The Bertz CT molecular complexity index is 1170. The minimum Gasteiger partial charge on any atom is -0.489 e. The molecular weight excluding hydrogens is 442 g/mol. The minimum absolute atomic E-state index is 0.149. The molecule has 0 spiro atoms. The van der Waals surface area contributed by atoms with Gasteiger partial charge in [0.15, 0.2) is 0 Å². The van der Waals surface area contributed by atoms with E-state index in [1.165, 1.54) is 12.1 Å². The van der Waals surface area contributed by atoms with Crippen molar-refractivity contribution in [2.75, 3.05) is 26.4 Å². The Morgan fingerprint density at radius 1 is 1.03 bits per heavy atom. The highest BCUT2D eigenvalue weighted by atomic mass is 19.1. The van der Waals surface area contributed by atoms with Crippen molar-refractivity contribution in [1.82, 2.24) is 0 Å². The molecule has 1 saturated heterocycles. The number of halogens is 2. The summed E-state index contributed by atoms with van der Waals surface area (Å²) < 4.78 is 50.5. The topological polar surface area (TPSA) is 54.0 Å². The quantitative estimate of drug-likeness (QED) is 0.398. The molecule has 3 aromatic carbocycles. The monoisotopic (exact) mass is 468 g/mol. The fraction of sp³-hybridized carbons (Fsp3) is 0.296. The van der Waals surface area contributed by atoms with E-state index in [0.29, 0.717) is 16.9 Å². The van der Waals surface area contributed by atoms with Gasteiger partial charge >= 0.3 is 5.97 Å². The second-order valence-electron chi connectivity index (χ2n) is 8.12. The van der Waals surface area contributed by atoms with Crippen molar-refractivity contribution >= 4 is 5.97 Å². The van der Waals surface area contributed by atoms with Crippen molar-refractivity contribution in [2.24, 2.45) is 0 Å². The van der Waals surface area contributed by atoms with E-state index in [1.54, 1.807) is 32.0 Å². The predicted octanol–water partition coefficient (Wildman–Crippen LogP) is 5.32. The van der Waals surface area contributed by atoms with Crippen LogP contribution >= 0.6 is 0 Å². The highest BCUT2D eigenvalue weighted by Gasteiger charge is 2.44. The van der Waals surface area contributed by atoms with E-state index in [-0.39, 0.29) is 38.9 Å². The molecule has 1 fully saturated rings. The molecule has 0 amide bonds. The summed E-state index contributed by atoms with van der Waals surface area (Å²) in [6.45, 7) is 3.93. The van der Waals surface area contributed by atoms with Gasteiger partial charge in [0, 0.05) is 11.6 Å². The van der Waals surface area contributed by atoms with Gasteiger partial charge < -0.3 is 18.9 Å². The van der Waals surface area contributed by atoms with Crippen LogP contribution in [0.4, 0.5) is 8.78 Å². The third-order valence-corrected chi connectivity index (χ3v) is 5.78. The average Bonchev–Trinajstić information content (AvgIpc) is 2.80. The summed E-state index contributed by atoms with van der Waals surface area (Å²) in [5, 5.41) is 0. The highest BCUT2D eigenvalue weighted by Crippen LogP contribution is 2.36. The fourth-order valence-corrected chi connectivity index (χ4v) is 3.87. The third-order valence-electron chi connectivity index (χ3n) is 5.78. The number of benzene rings is 3. The van der Waals surface area contributed by atoms with E-state index >= 15 is 0 Å². The maximum absolute atomic E-state index is 15.0. The lowest BCUT2D eigenvalue weighted by Gasteiger charge is -2.41. The molecule has 0 unspecified atom stereocenters. The molecule has 0 aromatic heterocycles. The molecule has 7 heteroatoms. The maximum atomic E-state index is 15.0. The lowest BCUT2D eigenvalue weighted by Crippen LogP contribution is -2.50. The molecule has 0 saturated carbocycles. The molecule has 178 valence electrons. The van der Waals surface area contributed by atoms with Gasteiger partial charge in [0.1, 0.15) is 36.2 Å². The van der Waals surface area contributed by atoms with Crippen LogP contribution in [0.5, 0.6) is 5.75 Å². The SMILES string of the molecule is CCOC(=O)COC1(c2ccc(OCc3cccc(-c4cccc(F)c4C)c3)cc2F)COC1. The second-order valence-corrected chi connectivity index (χ2v) is 8.12. The molecule has 4 rings (SSSR count). The van der Waals surface area contributed by atoms with Gasteiger partial charge in [0.2, 0.25) is 0 Å². The number of ether oxygens (including phenoxy) is 4. The zero-order chi connectivity index (χ0) is 24.1. The fourth-order valence-electron chi connectivity index (χ4n) is 3.87. The third kappa shape index (κ3) is 5.11. The highest BCUT2D eigenvalue weighted by molar-refractivity contribution is 5.70. The van der Waals surface area contributed by atoms with E-state index in [4.69, 9.17) is 18.9 Å². The molecular formula is C27H26F2O5. The summed E-state index contributed by atoms with van der Waals surface area (Å²) in [5.74, 6) is -0.913.